The summed E-state index contributed by atoms with van der Waals surface area (Å²) in [5.41, 5.74) is 7.13. The van der Waals surface area contributed by atoms with Gasteiger partial charge in [-0.1, -0.05) is 28.4 Å². The van der Waals surface area contributed by atoms with Crippen LogP contribution in [0.2, 0.25) is 10.0 Å². The molecule has 3 aromatic rings. The maximum absolute atomic E-state index is 6.20. The van der Waals surface area contributed by atoms with Crippen molar-refractivity contribution in [3.63, 3.8) is 0 Å². The zero-order valence-electron chi connectivity index (χ0n) is 12.4. The molecule has 2 heterocycles. The van der Waals surface area contributed by atoms with Crippen LogP contribution in [0.4, 0.5) is 0 Å². The second kappa shape index (κ2) is 6.37. The molecule has 0 amide bonds. The number of nitrogens with two attached hydrogens (primary N) is 1. The van der Waals surface area contributed by atoms with Crippen LogP contribution in [0.3, 0.4) is 0 Å². The van der Waals surface area contributed by atoms with Crippen molar-refractivity contribution in [2.45, 2.75) is 24.8 Å². The van der Waals surface area contributed by atoms with E-state index in [1.165, 1.54) is 0 Å². The first kappa shape index (κ1) is 17.2. The number of halogens is 3. The number of aromatic nitrogens is 4. The summed E-state index contributed by atoms with van der Waals surface area (Å²) < 4.78 is 6.97. The molecule has 0 atom stereocenters. The lowest BCUT2D eigenvalue weighted by Gasteiger charge is -2.34. The molecule has 0 unspecified atom stereocenters. The summed E-state index contributed by atoms with van der Waals surface area (Å²) in [5.74, 6) is 0.901. The number of nitrogens with zero attached hydrogens (tertiary/aromatic N) is 4. The third-order valence-corrected chi connectivity index (χ3v) is 4.83. The summed E-state index contributed by atoms with van der Waals surface area (Å²) in [7, 11) is 0. The van der Waals surface area contributed by atoms with E-state index in [2.05, 4.69) is 15.2 Å². The fourth-order valence-corrected chi connectivity index (χ4v) is 2.81. The number of benzene rings is 1. The molecule has 9 heteroatoms. The minimum absolute atomic E-state index is 0. The Morgan fingerprint density at radius 2 is 1.96 bits per heavy atom. The SMILES string of the molecule is Cl.NC1(c2noc(-c3ccn(-c4ccc(Cl)c(Cl)c4)n3)n2)CCC1. The van der Waals surface area contributed by atoms with E-state index in [4.69, 9.17) is 33.5 Å². The molecule has 0 saturated heterocycles. The topological polar surface area (TPSA) is 82.8 Å². The Morgan fingerprint density at radius 1 is 1.17 bits per heavy atom. The zero-order chi connectivity index (χ0) is 16.0. The quantitative estimate of drug-likeness (QED) is 0.736. The molecule has 0 aliphatic heterocycles. The van der Waals surface area contributed by atoms with Crippen molar-refractivity contribution in [1.29, 1.82) is 0 Å². The highest BCUT2D eigenvalue weighted by atomic mass is 35.5. The van der Waals surface area contributed by atoms with Crippen LogP contribution in [-0.4, -0.2) is 19.9 Å². The second-order valence-corrected chi connectivity index (χ2v) is 6.49. The first-order chi connectivity index (χ1) is 11.0. The van der Waals surface area contributed by atoms with Crippen molar-refractivity contribution in [3.8, 4) is 17.3 Å². The highest BCUT2D eigenvalue weighted by molar-refractivity contribution is 6.42. The lowest BCUT2D eigenvalue weighted by atomic mass is 9.77. The van der Waals surface area contributed by atoms with Crippen LogP contribution in [0.5, 0.6) is 0 Å². The van der Waals surface area contributed by atoms with Crippen molar-refractivity contribution in [2.24, 2.45) is 5.73 Å². The van der Waals surface area contributed by atoms with Gasteiger partial charge in [0.05, 0.1) is 21.3 Å². The Morgan fingerprint density at radius 3 is 2.62 bits per heavy atom. The summed E-state index contributed by atoms with van der Waals surface area (Å²) in [6.45, 7) is 0. The molecule has 0 radical (unpaired) electrons. The first-order valence-electron chi connectivity index (χ1n) is 7.20. The molecule has 126 valence electrons. The van der Waals surface area contributed by atoms with E-state index in [0.29, 0.717) is 27.5 Å². The van der Waals surface area contributed by atoms with Crippen molar-refractivity contribution in [2.75, 3.05) is 0 Å². The van der Waals surface area contributed by atoms with Gasteiger partial charge in [0, 0.05) is 6.20 Å². The minimum Gasteiger partial charge on any atom is -0.332 e. The molecular weight excluding hydrogens is 373 g/mol. The van der Waals surface area contributed by atoms with Crippen molar-refractivity contribution >= 4 is 35.6 Å². The van der Waals surface area contributed by atoms with Crippen LogP contribution in [0.1, 0.15) is 25.1 Å². The van der Waals surface area contributed by atoms with Crippen LogP contribution in [0.25, 0.3) is 17.3 Å². The summed E-state index contributed by atoms with van der Waals surface area (Å²) >= 11 is 12.0. The molecule has 1 aliphatic rings. The summed E-state index contributed by atoms with van der Waals surface area (Å²) in [6, 6.07) is 7.08. The normalized spacial score (nSPS) is 15.6. The van der Waals surface area contributed by atoms with Crippen molar-refractivity contribution in [1.82, 2.24) is 19.9 Å². The van der Waals surface area contributed by atoms with Crippen molar-refractivity contribution in [3.05, 3.63) is 46.3 Å². The Balaban J connectivity index is 0.00000169. The zero-order valence-corrected chi connectivity index (χ0v) is 14.8. The van der Waals surface area contributed by atoms with Gasteiger partial charge >= 0.3 is 0 Å². The number of hydrogen-bond donors (Lipinski definition) is 1. The standard InChI is InChI=1S/C15H13Cl2N5O.ClH/c16-10-3-2-9(8-11(10)17)22-7-4-12(20-22)13-19-14(21-23-13)15(18)5-1-6-15;/h2-4,7-8H,1,5-6,18H2;1H. The minimum atomic E-state index is -0.450. The molecule has 1 aromatic carbocycles. The van der Waals surface area contributed by atoms with E-state index in [1.54, 1.807) is 29.1 Å². The highest BCUT2D eigenvalue weighted by Crippen LogP contribution is 2.37. The third kappa shape index (κ3) is 2.91. The molecule has 1 fully saturated rings. The van der Waals surface area contributed by atoms with Gasteiger partial charge in [-0.25, -0.2) is 4.68 Å². The highest BCUT2D eigenvalue weighted by Gasteiger charge is 2.39. The maximum atomic E-state index is 6.20. The molecule has 0 spiro atoms. The molecule has 2 N–H and O–H groups in total. The molecule has 24 heavy (non-hydrogen) atoms. The second-order valence-electron chi connectivity index (χ2n) is 5.68. The molecule has 1 aliphatic carbocycles. The van der Waals surface area contributed by atoms with Crippen LogP contribution in [0.15, 0.2) is 35.0 Å². The average Bonchev–Trinajstić information content (AvgIpc) is 3.16. The van der Waals surface area contributed by atoms with Gasteiger partial charge in [0.1, 0.15) is 0 Å². The van der Waals surface area contributed by atoms with E-state index >= 15 is 0 Å². The van der Waals surface area contributed by atoms with Gasteiger partial charge in [-0.15, -0.1) is 12.4 Å². The van der Waals surface area contributed by atoms with Crippen LogP contribution in [0, 0.1) is 0 Å². The maximum Gasteiger partial charge on any atom is 0.278 e. The predicted octanol–water partition coefficient (Wildman–Crippen LogP) is 3.99. The third-order valence-electron chi connectivity index (χ3n) is 4.09. The van der Waals surface area contributed by atoms with Gasteiger partial charge in [-0.05, 0) is 43.5 Å². The van der Waals surface area contributed by atoms with Crippen LogP contribution >= 0.6 is 35.6 Å². The van der Waals surface area contributed by atoms with E-state index in [0.717, 1.165) is 24.9 Å². The van der Waals surface area contributed by atoms with Gasteiger partial charge in [0.15, 0.2) is 11.5 Å². The van der Waals surface area contributed by atoms with Gasteiger partial charge in [-0.3, -0.25) is 0 Å². The van der Waals surface area contributed by atoms with Crippen LogP contribution < -0.4 is 5.73 Å². The Kier molecular flexibility index (Phi) is 4.57. The summed E-state index contributed by atoms with van der Waals surface area (Å²) in [4.78, 5) is 4.39. The number of rotatable bonds is 3. The molecule has 0 bridgehead atoms. The largest absolute Gasteiger partial charge is 0.332 e. The molecule has 6 nitrogen and oxygen atoms in total. The van der Waals surface area contributed by atoms with Gasteiger partial charge < -0.3 is 10.3 Å². The average molecular weight is 387 g/mol. The van der Waals surface area contributed by atoms with Crippen LogP contribution in [-0.2, 0) is 5.54 Å². The smallest absolute Gasteiger partial charge is 0.278 e. The Bertz CT molecular complexity index is 872. The van der Waals surface area contributed by atoms with E-state index in [1.807, 2.05) is 6.07 Å². The summed E-state index contributed by atoms with van der Waals surface area (Å²) in [6.07, 6.45) is 4.64. The van der Waals surface area contributed by atoms with Crippen molar-refractivity contribution < 1.29 is 4.52 Å². The molecule has 2 aromatic heterocycles. The Labute approximate surface area is 154 Å². The Hall–Kier alpha value is -1.60. The van der Waals surface area contributed by atoms with E-state index in [-0.39, 0.29) is 12.4 Å². The number of hydrogen-bond acceptors (Lipinski definition) is 5. The molecular formula is C15H14Cl3N5O. The molecule has 4 rings (SSSR count). The molecule has 1 saturated carbocycles. The monoisotopic (exact) mass is 385 g/mol. The predicted molar refractivity (Wildman–Crippen MR) is 93.8 cm³/mol. The van der Waals surface area contributed by atoms with Gasteiger partial charge in [0.25, 0.3) is 5.89 Å². The lowest BCUT2D eigenvalue weighted by molar-refractivity contribution is 0.229. The van der Waals surface area contributed by atoms with E-state index < -0.39 is 5.54 Å². The van der Waals surface area contributed by atoms with Gasteiger partial charge in [0.2, 0.25) is 0 Å². The van der Waals surface area contributed by atoms with E-state index in [9.17, 15) is 0 Å². The fourth-order valence-electron chi connectivity index (χ4n) is 2.52. The lowest BCUT2D eigenvalue weighted by Crippen LogP contribution is -2.44. The fraction of sp³-hybridized carbons (Fsp3) is 0.267. The van der Waals surface area contributed by atoms with Gasteiger partial charge in [-0.2, -0.15) is 10.1 Å². The summed E-state index contributed by atoms with van der Waals surface area (Å²) in [5, 5.41) is 9.40. The first-order valence-corrected chi connectivity index (χ1v) is 7.95.